The number of nitrogens with one attached hydrogen (secondary N) is 1. The lowest BCUT2D eigenvalue weighted by molar-refractivity contribution is -0.385. The summed E-state index contributed by atoms with van der Waals surface area (Å²) in [6.45, 7) is 0. The van der Waals surface area contributed by atoms with E-state index < -0.39 is 4.92 Å². The van der Waals surface area contributed by atoms with E-state index in [0.29, 0.717) is 10.4 Å². The van der Waals surface area contributed by atoms with Crippen LogP contribution < -0.4 is 5.43 Å². The third-order valence-electron chi connectivity index (χ3n) is 2.53. The molecular formula is C14H10BrN3O3S. The van der Waals surface area contributed by atoms with Crippen LogP contribution in [0.15, 0.2) is 51.4 Å². The standard InChI is InChI=1S/C14H10BrN3O3S/c15-13-8-7-12(22-13)14(19)17-16-9-3-5-10-4-1-2-6-11(10)18(20)21/h1-9H,(H,17,19)/b5-3-,16-9?. The number of hydrogen-bond donors (Lipinski definition) is 1. The smallest absolute Gasteiger partial charge is 0.266 e. The molecule has 0 radical (unpaired) electrons. The summed E-state index contributed by atoms with van der Waals surface area (Å²) in [5, 5.41) is 14.6. The number of rotatable bonds is 5. The molecule has 0 bridgehead atoms. The van der Waals surface area contributed by atoms with Crippen molar-refractivity contribution in [1.29, 1.82) is 0 Å². The van der Waals surface area contributed by atoms with Gasteiger partial charge >= 0.3 is 0 Å². The molecule has 0 saturated carbocycles. The van der Waals surface area contributed by atoms with Crippen LogP contribution in [0.3, 0.4) is 0 Å². The van der Waals surface area contributed by atoms with E-state index in [2.05, 4.69) is 26.5 Å². The molecule has 2 rings (SSSR count). The lowest BCUT2D eigenvalue weighted by Crippen LogP contribution is -2.15. The number of thiophene rings is 1. The Morgan fingerprint density at radius 1 is 1.32 bits per heavy atom. The van der Waals surface area contributed by atoms with Crippen molar-refractivity contribution < 1.29 is 9.72 Å². The van der Waals surface area contributed by atoms with Gasteiger partial charge < -0.3 is 0 Å². The van der Waals surface area contributed by atoms with Gasteiger partial charge in [-0.25, -0.2) is 5.43 Å². The summed E-state index contributed by atoms with van der Waals surface area (Å²) >= 11 is 4.57. The normalized spacial score (nSPS) is 11.1. The number of allylic oxidation sites excluding steroid dienone is 1. The number of nitrogens with zero attached hydrogens (tertiary/aromatic N) is 2. The Labute approximate surface area is 138 Å². The second kappa shape index (κ2) is 7.62. The van der Waals surface area contributed by atoms with E-state index in [0.717, 1.165) is 3.79 Å². The van der Waals surface area contributed by atoms with Crippen LogP contribution in [0.25, 0.3) is 6.08 Å². The minimum atomic E-state index is -0.451. The van der Waals surface area contributed by atoms with Gasteiger partial charge in [0.2, 0.25) is 0 Å². The van der Waals surface area contributed by atoms with Crippen LogP contribution in [-0.2, 0) is 0 Å². The fraction of sp³-hybridized carbons (Fsp3) is 0. The number of benzene rings is 1. The fourth-order valence-corrected chi connectivity index (χ4v) is 2.85. The van der Waals surface area contributed by atoms with Crippen molar-refractivity contribution in [2.24, 2.45) is 5.10 Å². The van der Waals surface area contributed by atoms with Gasteiger partial charge in [0, 0.05) is 12.3 Å². The van der Waals surface area contributed by atoms with Gasteiger partial charge in [-0.3, -0.25) is 14.9 Å². The second-order valence-corrected chi connectivity index (χ2v) is 6.46. The second-order valence-electron chi connectivity index (χ2n) is 4.00. The SMILES string of the molecule is O=C(NN=C/C=C\c1ccccc1[N+](=O)[O-])c1ccc(Br)s1. The van der Waals surface area contributed by atoms with Crippen LogP contribution in [0.4, 0.5) is 5.69 Å². The Morgan fingerprint density at radius 2 is 2.09 bits per heavy atom. The van der Waals surface area contributed by atoms with E-state index in [1.165, 1.54) is 29.7 Å². The molecule has 0 aliphatic carbocycles. The highest BCUT2D eigenvalue weighted by Gasteiger charge is 2.09. The maximum absolute atomic E-state index is 11.7. The minimum Gasteiger partial charge on any atom is -0.266 e. The molecule has 1 heterocycles. The van der Waals surface area contributed by atoms with E-state index in [4.69, 9.17) is 0 Å². The predicted molar refractivity (Wildman–Crippen MR) is 90.1 cm³/mol. The molecule has 1 N–H and O–H groups in total. The van der Waals surface area contributed by atoms with E-state index in [9.17, 15) is 14.9 Å². The first kappa shape index (κ1) is 16.1. The Kier molecular flexibility index (Phi) is 5.56. The topological polar surface area (TPSA) is 84.6 Å². The maximum Gasteiger partial charge on any atom is 0.281 e. The quantitative estimate of drug-likeness (QED) is 0.486. The average molecular weight is 380 g/mol. The van der Waals surface area contributed by atoms with Crippen LogP contribution in [-0.4, -0.2) is 17.0 Å². The Hall–Kier alpha value is -2.32. The highest BCUT2D eigenvalue weighted by atomic mass is 79.9. The van der Waals surface area contributed by atoms with E-state index in [-0.39, 0.29) is 11.6 Å². The molecule has 0 fully saturated rings. The Bertz CT molecular complexity index is 755. The summed E-state index contributed by atoms with van der Waals surface area (Å²) in [5.74, 6) is -0.314. The largest absolute Gasteiger partial charge is 0.281 e. The Balaban J connectivity index is 1.95. The van der Waals surface area contributed by atoms with E-state index in [1.807, 2.05) is 0 Å². The summed E-state index contributed by atoms with van der Waals surface area (Å²) in [5.41, 5.74) is 2.85. The molecule has 112 valence electrons. The highest BCUT2D eigenvalue weighted by Crippen LogP contribution is 2.21. The molecule has 0 aliphatic heterocycles. The van der Waals surface area contributed by atoms with Crippen molar-refractivity contribution >= 4 is 51.2 Å². The number of para-hydroxylation sites is 1. The van der Waals surface area contributed by atoms with Gasteiger partial charge in [-0.1, -0.05) is 12.1 Å². The Morgan fingerprint density at radius 3 is 2.77 bits per heavy atom. The summed E-state index contributed by atoms with van der Waals surface area (Å²) in [7, 11) is 0. The third-order valence-corrected chi connectivity index (χ3v) is 4.16. The molecule has 8 heteroatoms. The molecular weight excluding hydrogens is 370 g/mol. The first-order valence-electron chi connectivity index (χ1n) is 6.07. The van der Waals surface area contributed by atoms with Crippen LogP contribution in [0, 0.1) is 10.1 Å². The van der Waals surface area contributed by atoms with Gasteiger partial charge in [0.05, 0.1) is 19.2 Å². The fourth-order valence-electron chi connectivity index (χ4n) is 1.57. The van der Waals surface area contributed by atoms with Crippen molar-refractivity contribution in [3.8, 4) is 0 Å². The molecule has 0 saturated heterocycles. The van der Waals surface area contributed by atoms with Gasteiger partial charge in [-0.05, 0) is 46.3 Å². The van der Waals surface area contributed by atoms with Crippen LogP contribution in [0.1, 0.15) is 15.2 Å². The number of amides is 1. The average Bonchev–Trinajstić information content (AvgIpc) is 2.93. The molecule has 1 aromatic carbocycles. The summed E-state index contributed by atoms with van der Waals surface area (Å²) in [6, 6.07) is 9.82. The van der Waals surface area contributed by atoms with Gasteiger partial charge in [-0.15, -0.1) is 11.3 Å². The van der Waals surface area contributed by atoms with Crippen molar-refractivity contribution in [3.05, 3.63) is 66.8 Å². The maximum atomic E-state index is 11.7. The van der Waals surface area contributed by atoms with Crippen molar-refractivity contribution in [3.63, 3.8) is 0 Å². The van der Waals surface area contributed by atoms with Gasteiger partial charge in [0.1, 0.15) is 0 Å². The van der Waals surface area contributed by atoms with Crippen LogP contribution in [0.2, 0.25) is 0 Å². The molecule has 22 heavy (non-hydrogen) atoms. The zero-order valence-corrected chi connectivity index (χ0v) is 13.5. The summed E-state index contributed by atoms with van der Waals surface area (Å²) < 4.78 is 0.859. The van der Waals surface area contributed by atoms with Crippen LogP contribution >= 0.6 is 27.3 Å². The molecule has 0 unspecified atom stereocenters. The highest BCUT2D eigenvalue weighted by molar-refractivity contribution is 9.11. The lowest BCUT2D eigenvalue weighted by Gasteiger charge is -1.95. The number of nitro benzene ring substituents is 1. The first-order chi connectivity index (χ1) is 10.6. The molecule has 0 atom stereocenters. The number of hydrogen-bond acceptors (Lipinski definition) is 5. The molecule has 6 nitrogen and oxygen atoms in total. The summed E-state index contributed by atoms with van der Waals surface area (Å²) in [4.78, 5) is 22.6. The number of hydrazone groups is 1. The molecule has 1 amide bonds. The molecule has 0 spiro atoms. The van der Waals surface area contributed by atoms with Gasteiger partial charge in [0.15, 0.2) is 0 Å². The third kappa shape index (κ3) is 4.34. The van der Waals surface area contributed by atoms with E-state index >= 15 is 0 Å². The van der Waals surface area contributed by atoms with Crippen molar-refractivity contribution in [2.75, 3.05) is 0 Å². The van der Waals surface area contributed by atoms with Crippen molar-refractivity contribution in [1.82, 2.24) is 5.43 Å². The molecule has 1 aromatic heterocycles. The molecule has 0 aliphatic rings. The molecule has 2 aromatic rings. The number of nitro groups is 1. The number of halogens is 1. The zero-order chi connectivity index (χ0) is 15.9. The lowest BCUT2D eigenvalue weighted by atomic mass is 10.2. The van der Waals surface area contributed by atoms with Gasteiger partial charge in [-0.2, -0.15) is 5.10 Å². The monoisotopic (exact) mass is 379 g/mol. The number of carbonyl (C=O) groups is 1. The summed E-state index contributed by atoms with van der Waals surface area (Å²) in [6.07, 6.45) is 4.43. The van der Waals surface area contributed by atoms with E-state index in [1.54, 1.807) is 36.4 Å². The predicted octanol–water partition coefficient (Wildman–Crippen LogP) is 3.85. The van der Waals surface area contributed by atoms with Gasteiger partial charge in [0.25, 0.3) is 11.6 Å². The number of carbonyl (C=O) groups excluding carboxylic acids is 1. The minimum absolute atomic E-state index is 0.0135. The first-order valence-corrected chi connectivity index (χ1v) is 7.67. The van der Waals surface area contributed by atoms with Crippen molar-refractivity contribution in [2.45, 2.75) is 0 Å². The van der Waals surface area contributed by atoms with Crippen LogP contribution in [0.5, 0.6) is 0 Å². The zero-order valence-electron chi connectivity index (χ0n) is 11.1.